The molecule has 4 nitrogen and oxygen atoms in total. The van der Waals surface area contributed by atoms with Crippen LogP contribution in [0.2, 0.25) is 0 Å². The van der Waals surface area contributed by atoms with Crippen molar-refractivity contribution in [2.24, 2.45) is 5.92 Å². The summed E-state index contributed by atoms with van der Waals surface area (Å²) in [6.45, 7) is 4.15. The van der Waals surface area contributed by atoms with Crippen molar-refractivity contribution < 1.29 is 15.0 Å². The second-order valence-electron chi connectivity index (χ2n) is 2.83. The lowest BCUT2D eigenvalue weighted by Crippen LogP contribution is -2.33. The Morgan fingerprint density at radius 2 is 2.00 bits per heavy atom. The van der Waals surface area contributed by atoms with Crippen LogP contribution in [0.5, 0.6) is 0 Å². The third-order valence-electron chi connectivity index (χ3n) is 2.00. The molecule has 0 rings (SSSR count). The first-order chi connectivity index (χ1) is 5.61. The van der Waals surface area contributed by atoms with Crippen LogP contribution in [0.4, 0.5) is 4.79 Å². The number of rotatable bonds is 5. The fourth-order valence-electron chi connectivity index (χ4n) is 1.10. The van der Waals surface area contributed by atoms with Gasteiger partial charge < -0.3 is 15.5 Å². The molecule has 0 spiro atoms. The smallest absolute Gasteiger partial charge is 0.404 e. The number of aliphatic hydroxyl groups excluding tert-OH is 1. The largest absolute Gasteiger partial charge is 0.465 e. The van der Waals surface area contributed by atoms with Crippen LogP contribution >= 0.6 is 0 Å². The van der Waals surface area contributed by atoms with Crippen molar-refractivity contribution in [1.29, 1.82) is 0 Å². The van der Waals surface area contributed by atoms with Crippen LogP contribution in [0.1, 0.15) is 26.7 Å². The summed E-state index contributed by atoms with van der Waals surface area (Å²) in [5, 5.41) is 20.0. The van der Waals surface area contributed by atoms with E-state index in [-0.39, 0.29) is 5.92 Å². The monoisotopic (exact) mass is 175 g/mol. The molecule has 12 heavy (non-hydrogen) atoms. The molecule has 0 aromatic rings. The standard InChI is InChI=1S/C8H17NO3/c1-3-6(7(10)4-2)5-9-8(11)12/h6-7,9-10H,3-5H2,1-2H3,(H,11,12)/t6-,7?/m0/s1. The van der Waals surface area contributed by atoms with E-state index in [4.69, 9.17) is 5.11 Å². The lowest BCUT2D eigenvalue weighted by atomic mass is 9.98. The lowest BCUT2D eigenvalue weighted by molar-refractivity contribution is 0.0995. The Bertz CT molecular complexity index is 138. The summed E-state index contributed by atoms with van der Waals surface area (Å²) in [4.78, 5) is 10.1. The quantitative estimate of drug-likeness (QED) is 0.585. The van der Waals surface area contributed by atoms with Gasteiger partial charge in [-0.05, 0) is 12.8 Å². The van der Waals surface area contributed by atoms with E-state index in [1.54, 1.807) is 0 Å². The van der Waals surface area contributed by atoms with Gasteiger partial charge in [0.15, 0.2) is 0 Å². The Kier molecular flexibility index (Phi) is 5.45. The zero-order chi connectivity index (χ0) is 9.56. The van der Waals surface area contributed by atoms with Crippen molar-refractivity contribution in [2.75, 3.05) is 6.54 Å². The molecule has 0 radical (unpaired) electrons. The van der Waals surface area contributed by atoms with Gasteiger partial charge in [0.1, 0.15) is 0 Å². The Morgan fingerprint density at radius 1 is 1.42 bits per heavy atom. The van der Waals surface area contributed by atoms with E-state index in [0.717, 1.165) is 6.42 Å². The molecule has 0 aliphatic heterocycles. The molecular formula is C8H17NO3. The van der Waals surface area contributed by atoms with E-state index in [0.29, 0.717) is 13.0 Å². The normalized spacial score (nSPS) is 15.2. The van der Waals surface area contributed by atoms with Crippen LogP contribution in [-0.2, 0) is 0 Å². The van der Waals surface area contributed by atoms with Gasteiger partial charge in [-0.25, -0.2) is 4.79 Å². The molecule has 0 aromatic heterocycles. The van der Waals surface area contributed by atoms with E-state index >= 15 is 0 Å². The minimum absolute atomic E-state index is 0.0334. The molecule has 0 saturated heterocycles. The van der Waals surface area contributed by atoms with E-state index in [9.17, 15) is 9.90 Å². The van der Waals surface area contributed by atoms with Gasteiger partial charge in [0, 0.05) is 12.5 Å². The summed E-state index contributed by atoms with van der Waals surface area (Å²) in [6, 6.07) is 0. The number of carbonyl (C=O) groups is 1. The third kappa shape index (κ3) is 4.18. The van der Waals surface area contributed by atoms with E-state index in [1.165, 1.54) is 0 Å². The SMILES string of the molecule is CCC(O)[C@@H](CC)CNC(=O)O. The first-order valence-electron chi connectivity index (χ1n) is 4.26. The zero-order valence-electron chi connectivity index (χ0n) is 7.58. The molecular weight excluding hydrogens is 158 g/mol. The topological polar surface area (TPSA) is 69.6 Å². The molecule has 4 heteroatoms. The van der Waals surface area contributed by atoms with Gasteiger partial charge in [0.05, 0.1) is 6.10 Å². The predicted molar refractivity (Wildman–Crippen MR) is 46.1 cm³/mol. The molecule has 0 aliphatic carbocycles. The summed E-state index contributed by atoms with van der Waals surface area (Å²) < 4.78 is 0. The molecule has 72 valence electrons. The highest BCUT2D eigenvalue weighted by Crippen LogP contribution is 2.10. The molecule has 0 aliphatic rings. The van der Waals surface area contributed by atoms with E-state index in [1.807, 2.05) is 13.8 Å². The lowest BCUT2D eigenvalue weighted by Gasteiger charge is -2.19. The van der Waals surface area contributed by atoms with E-state index < -0.39 is 12.2 Å². The van der Waals surface area contributed by atoms with Gasteiger partial charge in [-0.15, -0.1) is 0 Å². The summed E-state index contributed by atoms with van der Waals surface area (Å²) >= 11 is 0. The fourth-order valence-corrected chi connectivity index (χ4v) is 1.10. The third-order valence-corrected chi connectivity index (χ3v) is 2.00. The summed E-state index contributed by atoms with van der Waals surface area (Å²) in [5.41, 5.74) is 0. The second kappa shape index (κ2) is 5.83. The number of carboxylic acid groups (broad SMARTS) is 1. The molecule has 0 aromatic carbocycles. The first-order valence-corrected chi connectivity index (χ1v) is 4.26. The molecule has 0 bridgehead atoms. The molecule has 1 unspecified atom stereocenters. The molecule has 2 atom stereocenters. The molecule has 3 N–H and O–H groups in total. The van der Waals surface area contributed by atoms with Crippen molar-refractivity contribution in [1.82, 2.24) is 5.32 Å². The first kappa shape index (κ1) is 11.2. The Hall–Kier alpha value is -0.770. The van der Waals surface area contributed by atoms with Gasteiger partial charge in [-0.3, -0.25) is 0 Å². The predicted octanol–water partition coefficient (Wildman–Crippen LogP) is 1.05. The molecule has 0 heterocycles. The highest BCUT2D eigenvalue weighted by Gasteiger charge is 2.15. The summed E-state index contributed by atoms with van der Waals surface area (Å²) in [7, 11) is 0. The minimum atomic E-state index is -1.03. The Balaban J connectivity index is 3.74. The van der Waals surface area contributed by atoms with Crippen LogP contribution in [0.15, 0.2) is 0 Å². The van der Waals surface area contributed by atoms with Gasteiger partial charge in [0.2, 0.25) is 0 Å². The highest BCUT2D eigenvalue weighted by atomic mass is 16.4. The Morgan fingerprint density at radius 3 is 2.33 bits per heavy atom. The van der Waals surface area contributed by atoms with Crippen molar-refractivity contribution in [3.05, 3.63) is 0 Å². The maximum absolute atomic E-state index is 10.1. The number of hydrogen-bond donors (Lipinski definition) is 3. The van der Waals surface area contributed by atoms with Crippen molar-refractivity contribution >= 4 is 6.09 Å². The average Bonchev–Trinajstić information content (AvgIpc) is 2.04. The second-order valence-corrected chi connectivity index (χ2v) is 2.83. The highest BCUT2D eigenvalue weighted by molar-refractivity contribution is 5.64. The number of nitrogens with one attached hydrogen (secondary N) is 1. The average molecular weight is 175 g/mol. The Labute approximate surface area is 72.6 Å². The van der Waals surface area contributed by atoms with Crippen LogP contribution in [0.3, 0.4) is 0 Å². The van der Waals surface area contributed by atoms with Crippen LogP contribution in [0.25, 0.3) is 0 Å². The molecule has 0 fully saturated rings. The van der Waals surface area contributed by atoms with E-state index in [2.05, 4.69) is 5.32 Å². The van der Waals surface area contributed by atoms with Crippen molar-refractivity contribution in [3.8, 4) is 0 Å². The summed E-state index contributed by atoms with van der Waals surface area (Å²) in [6.07, 6.45) is 0.0216. The summed E-state index contributed by atoms with van der Waals surface area (Å²) in [5.74, 6) is 0.0334. The van der Waals surface area contributed by atoms with Crippen LogP contribution in [0, 0.1) is 5.92 Å². The number of amides is 1. The number of hydrogen-bond acceptors (Lipinski definition) is 2. The van der Waals surface area contributed by atoms with Gasteiger partial charge in [-0.2, -0.15) is 0 Å². The maximum atomic E-state index is 10.1. The van der Waals surface area contributed by atoms with Crippen LogP contribution < -0.4 is 5.32 Å². The molecule has 1 amide bonds. The van der Waals surface area contributed by atoms with Gasteiger partial charge in [0.25, 0.3) is 0 Å². The van der Waals surface area contributed by atoms with Crippen LogP contribution in [-0.4, -0.2) is 29.0 Å². The van der Waals surface area contributed by atoms with Crippen molar-refractivity contribution in [2.45, 2.75) is 32.8 Å². The molecule has 0 saturated carbocycles. The van der Waals surface area contributed by atoms with Gasteiger partial charge in [-0.1, -0.05) is 13.8 Å². The van der Waals surface area contributed by atoms with Crippen molar-refractivity contribution in [3.63, 3.8) is 0 Å². The van der Waals surface area contributed by atoms with Gasteiger partial charge >= 0.3 is 6.09 Å². The fraction of sp³-hybridized carbons (Fsp3) is 0.875. The maximum Gasteiger partial charge on any atom is 0.404 e. The zero-order valence-corrected chi connectivity index (χ0v) is 7.58. The minimum Gasteiger partial charge on any atom is -0.465 e. The number of aliphatic hydroxyl groups is 1.